The van der Waals surface area contributed by atoms with Crippen LogP contribution in [-0.2, 0) is 6.54 Å². The summed E-state index contributed by atoms with van der Waals surface area (Å²) in [6.07, 6.45) is 3.54. The Hall–Kier alpha value is -2.07. The fourth-order valence-corrected chi connectivity index (χ4v) is 1.73. The second-order valence-electron chi connectivity index (χ2n) is 4.02. The molecule has 0 fully saturated rings. The van der Waals surface area contributed by atoms with Gasteiger partial charge in [-0.25, -0.2) is 0 Å². The summed E-state index contributed by atoms with van der Waals surface area (Å²) in [5.41, 5.74) is 1.02. The van der Waals surface area contributed by atoms with Gasteiger partial charge in [0.2, 0.25) is 0 Å². The van der Waals surface area contributed by atoms with E-state index < -0.39 is 0 Å². The van der Waals surface area contributed by atoms with Crippen molar-refractivity contribution in [3.8, 4) is 17.2 Å². The molecule has 4 heteroatoms. The first-order chi connectivity index (χ1) is 9.35. The van der Waals surface area contributed by atoms with Gasteiger partial charge in [0.05, 0.1) is 7.11 Å². The number of ether oxygens (including phenoxy) is 2. The highest BCUT2D eigenvalue weighted by Gasteiger charge is 2.08. The predicted molar refractivity (Wildman–Crippen MR) is 74.7 cm³/mol. The lowest BCUT2D eigenvalue weighted by atomic mass is 10.2. The lowest BCUT2D eigenvalue weighted by Gasteiger charge is -2.13. The van der Waals surface area contributed by atoms with Crippen LogP contribution in [0.2, 0.25) is 0 Å². The summed E-state index contributed by atoms with van der Waals surface area (Å²) >= 11 is 0. The van der Waals surface area contributed by atoms with Gasteiger partial charge in [-0.15, -0.1) is 0 Å². The molecule has 0 aliphatic heterocycles. The minimum Gasteiger partial charge on any atom is -0.493 e. The van der Waals surface area contributed by atoms with Crippen LogP contribution in [0.25, 0.3) is 0 Å². The summed E-state index contributed by atoms with van der Waals surface area (Å²) in [4.78, 5) is 4.13. The molecule has 0 aliphatic carbocycles. The molecule has 0 radical (unpaired) electrons. The van der Waals surface area contributed by atoms with E-state index in [4.69, 9.17) is 9.47 Å². The van der Waals surface area contributed by atoms with Crippen molar-refractivity contribution in [1.82, 2.24) is 10.3 Å². The minimum atomic E-state index is 0.703. The van der Waals surface area contributed by atoms with Crippen molar-refractivity contribution >= 4 is 0 Å². The van der Waals surface area contributed by atoms with Crippen molar-refractivity contribution in [3.05, 3.63) is 48.3 Å². The first kappa shape index (κ1) is 13.4. The SMILES string of the molecule is CCNCc1cnccc1Oc1ccccc1OC. The second-order valence-corrected chi connectivity index (χ2v) is 4.02. The summed E-state index contributed by atoms with van der Waals surface area (Å²) in [7, 11) is 1.63. The van der Waals surface area contributed by atoms with Gasteiger partial charge in [0.1, 0.15) is 5.75 Å². The van der Waals surface area contributed by atoms with E-state index in [9.17, 15) is 0 Å². The van der Waals surface area contributed by atoms with E-state index in [2.05, 4.69) is 17.2 Å². The van der Waals surface area contributed by atoms with Gasteiger partial charge in [-0.3, -0.25) is 4.98 Å². The Labute approximate surface area is 113 Å². The zero-order valence-electron chi connectivity index (χ0n) is 11.2. The van der Waals surface area contributed by atoms with Crippen LogP contribution in [0.5, 0.6) is 17.2 Å². The first-order valence-corrected chi connectivity index (χ1v) is 6.29. The fraction of sp³-hybridized carbons (Fsp3) is 0.267. The molecule has 0 atom stereocenters. The molecule has 2 aromatic rings. The number of nitrogens with zero attached hydrogens (tertiary/aromatic N) is 1. The lowest BCUT2D eigenvalue weighted by molar-refractivity contribution is 0.377. The molecule has 4 nitrogen and oxygen atoms in total. The number of para-hydroxylation sites is 2. The van der Waals surface area contributed by atoms with E-state index in [1.807, 2.05) is 36.5 Å². The predicted octanol–water partition coefficient (Wildman–Crippen LogP) is 2.99. The molecule has 0 amide bonds. The van der Waals surface area contributed by atoms with Crippen LogP contribution in [0, 0.1) is 0 Å². The van der Waals surface area contributed by atoms with Crippen LogP contribution in [0.15, 0.2) is 42.7 Å². The van der Waals surface area contributed by atoms with Crippen LogP contribution >= 0.6 is 0 Å². The van der Waals surface area contributed by atoms with Gasteiger partial charge in [0, 0.05) is 24.5 Å². The Bertz CT molecular complexity index is 529. The van der Waals surface area contributed by atoms with Crippen molar-refractivity contribution in [3.63, 3.8) is 0 Å². The third kappa shape index (κ3) is 3.45. The Morgan fingerprint density at radius 2 is 1.89 bits per heavy atom. The van der Waals surface area contributed by atoms with Crippen molar-refractivity contribution in [1.29, 1.82) is 0 Å². The standard InChI is InChI=1S/C15H18N2O2/c1-3-16-10-12-11-17-9-8-13(12)19-15-7-5-4-6-14(15)18-2/h4-9,11,16H,3,10H2,1-2H3. The molecule has 0 aliphatic rings. The highest BCUT2D eigenvalue weighted by atomic mass is 16.5. The molecule has 1 heterocycles. The van der Waals surface area contributed by atoms with Crippen molar-refractivity contribution in [2.24, 2.45) is 0 Å². The van der Waals surface area contributed by atoms with Gasteiger partial charge in [0.15, 0.2) is 11.5 Å². The smallest absolute Gasteiger partial charge is 0.169 e. The highest BCUT2D eigenvalue weighted by Crippen LogP contribution is 2.32. The van der Waals surface area contributed by atoms with Crippen molar-refractivity contribution < 1.29 is 9.47 Å². The Balaban J connectivity index is 2.22. The van der Waals surface area contributed by atoms with Gasteiger partial charge in [-0.2, -0.15) is 0 Å². The molecule has 0 saturated carbocycles. The van der Waals surface area contributed by atoms with Crippen molar-refractivity contribution in [2.45, 2.75) is 13.5 Å². The highest BCUT2D eigenvalue weighted by molar-refractivity contribution is 5.44. The molecular weight excluding hydrogens is 240 g/mol. The third-order valence-electron chi connectivity index (χ3n) is 2.71. The van der Waals surface area contributed by atoms with Gasteiger partial charge < -0.3 is 14.8 Å². The van der Waals surface area contributed by atoms with E-state index in [0.29, 0.717) is 11.5 Å². The normalized spacial score (nSPS) is 10.2. The number of nitrogens with one attached hydrogen (secondary N) is 1. The van der Waals surface area contributed by atoms with E-state index in [1.54, 1.807) is 13.3 Å². The average Bonchev–Trinajstić information content (AvgIpc) is 2.47. The topological polar surface area (TPSA) is 43.4 Å². The second kappa shape index (κ2) is 6.75. The lowest BCUT2D eigenvalue weighted by Crippen LogP contribution is -2.12. The zero-order valence-corrected chi connectivity index (χ0v) is 11.2. The van der Waals surface area contributed by atoms with E-state index in [0.717, 1.165) is 24.4 Å². The van der Waals surface area contributed by atoms with Crippen LogP contribution in [-0.4, -0.2) is 18.6 Å². The molecule has 0 spiro atoms. The quantitative estimate of drug-likeness (QED) is 0.865. The van der Waals surface area contributed by atoms with Gasteiger partial charge in [0.25, 0.3) is 0 Å². The maximum Gasteiger partial charge on any atom is 0.169 e. The van der Waals surface area contributed by atoms with Crippen LogP contribution in [0.4, 0.5) is 0 Å². The molecule has 2 rings (SSSR count). The molecule has 1 aromatic heterocycles. The molecule has 1 aromatic carbocycles. The Kier molecular flexibility index (Phi) is 4.75. The molecule has 1 N–H and O–H groups in total. The Morgan fingerprint density at radius 1 is 1.11 bits per heavy atom. The number of rotatable bonds is 6. The number of aromatic nitrogens is 1. The van der Waals surface area contributed by atoms with E-state index in [-0.39, 0.29) is 0 Å². The first-order valence-electron chi connectivity index (χ1n) is 6.29. The summed E-state index contributed by atoms with van der Waals surface area (Å²) < 4.78 is 11.2. The van der Waals surface area contributed by atoms with E-state index in [1.165, 1.54) is 0 Å². The molecular formula is C15H18N2O2. The van der Waals surface area contributed by atoms with E-state index >= 15 is 0 Å². The maximum absolute atomic E-state index is 5.92. The monoisotopic (exact) mass is 258 g/mol. The number of pyridine rings is 1. The number of hydrogen-bond donors (Lipinski definition) is 1. The third-order valence-corrected chi connectivity index (χ3v) is 2.71. The summed E-state index contributed by atoms with van der Waals surface area (Å²) in [6, 6.07) is 9.46. The summed E-state index contributed by atoms with van der Waals surface area (Å²) in [6.45, 7) is 3.70. The summed E-state index contributed by atoms with van der Waals surface area (Å²) in [5.74, 6) is 2.21. The van der Waals surface area contributed by atoms with Crippen LogP contribution < -0.4 is 14.8 Å². The van der Waals surface area contributed by atoms with Gasteiger partial charge >= 0.3 is 0 Å². The Morgan fingerprint density at radius 3 is 2.63 bits per heavy atom. The summed E-state index contributed by atoms with van der Waals surface area (Å²) in [5, 5.41) is 3.27. The van der Waals surface area contributed by atoms with Crippen LogP contribution in [0.3, 0.4) is 0 Å². The number of hydrogen-bond acceptors (Lipinski definition) is 4. The fourth-order valence-electron chi connectivity index (χ4n) is 1.73. The van der Waals surface area contributed by atoms with Crippen molar-refractivity contribution in [2.75, 3.05) is 13.7 Å². The molecule has 0 bridgehead atoms. The molecule has 0 unspecified atom stereocenters. The molecule has 100 valence electrons. The van der Waals surface area contributed by atoms with Gasteiger partial charge in [-0.05, 0) is 24.7 Å². The maximum atomic E-state index is 5.92. The average molecular weight is 258 g/mol. The number of methoxy groups -OCH3 is 1. The van der Waals surface area contributed by atoms with Crippen LogP contribution in [0.1, 0.15) is 12.5 Å². The minimum absolute atomic E-state index is 0.703. The van der Waals surface area contributed by atoms with Gasteiger partial charge in [-0.1, -0.05) is 19.1 Å². The molecule has 19 heavy (non-hydrogen) atoms. The largest absolute Gasteiger partial charge is 0.493 e. The number of benzene rings is 1. The zero-order chi connectivity index (χ0) is 13.5. The molecule has 0 saturated heterocycles.